The Morgan fingerprint density at radius 2 is 1.63 bits per heavy atom. The van der Waals surface area contributed by atoms with Crippen LogP contribution in [-0.2, 0) is 6.42 Å². The summed E-state index contributed by atoms with van der Waals surface area (Å²) in [5.41, 5.74) is 1.30. The molecule has 5 nitrogen and oxygen atoms in total. The molecule has 1 aliphatic heterocycles. The second-order valence-corrected chi connectivity index (χ2v) is 6.58. The summed E-state index contributed by atoms with van der Waals surface area (Å²) in [7, 11) is 3.13. The quantitative estimate of drug-likeness (QED) is 0.782. The fraction of sp³-hybridized carbons (Fsp3) is 0.381. The Morgan fingerprint density at radius 1 is 1.00 bits per heavy atom. The van der Waals surface area contributed by atoms with Gasteiger partial charge in [-0.15, -0.1) is 0 Å². The van der Waals surface area contributed by atoms with Crippen molar-refractivity contribution < 1.29 is 18.7 Å². The number of benzene rings is 2. The van der Waals surface area contributed by atoms with Crippen LogP contribution in [0.5, 0.6) is 11.5 Å². The smallest absolute Gasteiger partial charge is 0.254 e. The highest BCUT2D eigenvalue weighted by atomic mass is 19.1. The van der Waals surface area contributed by atoms with E-state index >= 15 is 0 Å². The van der Waals surface area contributed by atoms with Gasteiger partial charge in [0.2, 0.25) is 0 Å². The number of nitrogens with zero attached hydrogens (tertiary/aromatic N) is 2. The van der Waals surface area contributed by atoms with E-state index in [0.717, 1.165) is 25.2 Å². The SMILES string of the molecule is COc1cc(OC)cc(C(=O)N2CCN(CCc3ccccc3F)CC2)c1. The van der Waals surface area contributed by atoms with Crippen LogP contribution in [0.2, 0.25) is 0 Å². The lowest BCUT2D eigenvalue weighted by molar-refractivity contribution is 0.0637. The zero-order valence-corrected chi connectivity index (χ0v) is 15.8. The summed E-state index contributed by atoms with van der Waals surface area (Å²) in [4.78, 5) is 16.9. The maximum atomic E-state index is 13.7. The van der Waals surface area contributed by atoms with Crippen LogP contribution in [0, 0.1) is 5.82 Å². The fourth-order valence-corrected chi connectivity index (χ4v) is 3.27. The lowest BCUT2D eigenvalue weighted by Crippen LogP contribution is -2.49. The molecule has 0 N–H and O–H groups in total. The van der Waals surface area contributed by atoms with Gasteiger partial charge >= 0.3 is 0 Å². The first kappa shape index (κ1) is 19.2. The maximum Gasteiger partial charge on any atom is 0.254 e. The summed E-state index contributed by atoms with van der Waals surface area (Å²) >= 11 is 0. The Kier molecular flexibility index (Phi) is 6.29. The van der Waals surface area contributed by atoms with Gasteiger partial charge in [-0.1, -0.05) is 18.2 Å². The Hall–Kier alpha value is -2.60. The summed E-state index contributed by atoms with van der Waals surface area (Å²) in [6, 6.07) is 12.1. The topological polar surface area (TPSA) is 42.0 Å². The Labute approximate surface area is 159 Å². The molecule has 1 aliphatic rings. The van der Waals surface area contributed by atoms with Crippen molar-refractivity contribution in [3.05, 3.63) is 59.4 Å². The molecular formula is C21H25FN2O3. The Bertz CT molecular complexity index is 766. The highest BCUT2D eigenvalue weighted by molar-refractivity contribution is 5.95. The number of hydrogen-bond acceptors (Lipinski definition) is 4. The van der Waals surface area contributed by atoms with E-state index in [2.05, 4.69) is 4.90 Å². The van der Waals surface area contributed by atoms with Gasteiger partial charge in [0.1, 0.15) is 17.3 Å². The van der Waals surface area contributed by atoms with Crippen LogP contribution < -0.4 is 9.47 Å². The van der Waals surface area contributed by atoms with E-state index in [0.29, 0.717) is 36.6 Å². The number of rotatable bonds is 6. The van der Waals surface area contributed by atoms with Crippen LogP contribution in [0.4, 0.5) is 4.39 Å². The van der Waals surface area contributed by atoms with E-state index in [1.54, 1.807) is 38.5 Å². The minimum atomic E-state index is -0.154. The van der Waals surface area contributed by atoms with E-state index < -0.39 is 0 Å². The first-order valence-corrected chi connectivity index (χ1v) is 9.09. The van der Waals surface area contributed by atoms with Crippen molar-refractivity contribution in [1.82, 2.24) is 9.80 Å². The molecule has 3 rings (SSSR count). The fourth-order valence-electron chi connectivity index (χ4n) is 3.27. The summed E-state index contributed by atoms with van der Waals surface area (Å²) < 4.78 is 24.2. The molecular weight excluding hydrogens is 347 g/mol. The van der Waals surface area contributed by atoms with E-state index in [9.17, 15) is 9.18 Å². The predicted octanol–water partition coefficient (Wildman–Crippen LogP) is 2.84. The van der Waals surface area contributed by atoms with Crippen molar-refractivity contribution in [3.8, 4) is 11.5 Å². The first-order valence-electron chi connectivity index (χ1n) is 9.09. The number of methoxy groups -OCH3 is 2. The molecule has 144 valence electrons. The molecule has 0 aromatic heterocycles. The maximum absolute atomic E-state index is 13.7. The molecule has 0 bridgehead atoms. The van der Waals surface area contributed by atoms with Gasteiger partial charge in [0.25, 0.3) is 5.91 Å². The zero-order chi connectivity index (χ0) is 19.2. The number of carbonyl (C=O) groups is 1. The summed E-state index contributed by atoms with van der Waals surface area (Å²) in [6.45, 7) is 3.64. The molecule has 0 radical (unpaired) electrons. The Morgan fingerprint density at radius 3 is 2.22 bits per heavy atom. The molecule has 6 heteroatoms. The van der Waals surface area contributed by atoms with Crippen LogP contribution in [0.1, 0.15) is 15.9 Å². The number of ether oxygens (including phenoxy) is 2. The third-order valence-electron chi connectivity index (χ3n) is 4.91. The van der Waals surface area contributed by atoms with Crippen molar-refractivity contribution >= 4 is 5.91 Å². The molecule has 0 atom stereocenters. The number of hydrogen-bond donors (Lipinski definition) is 0. The van der Waals surface area contributed by atoms with Crippen LogP contribution >= 0.6 is 0 Å². The summed E-state index contributed by atoms with van der Waals surface area (Å²) in [6.07, 6.45) is 0.674. The monoisotopic (exact) mass is 372 g/mol. The summed E-state index contributed by atoms with van der Waals surface area (Å²) in [5.74, 6) is 1.02. The van der Waals surface area contributed by atoms with Crippen molar-refractivity contribution in [2.45, 2.75) is 6.42 Å². The number of carbonyl (C=O) groups excluding carboxylic acids is 1. The van der Waals surface area contributed by atoms with E-state index in [1.165, 1.54) is 6.07 Å². The van der Waals surface area contributed by atoms with Crippen LogP contribution in [0.3, 0.4) is 0 Å². The minimum Gasteiger partial charge on any atom is -0.497 e. The number of amides is 1. The average molecular weight is 372 g/mol. The molecule has 0 saturated carbocycles. The first-order chi connectivity index (χ1) is 13.1. The molecule has 1 saturated heterocycles. The van der Waals surface area contributed by atoms with Gasteiger partial charge in [0, 0.05) is 44.4 Å². The number of piperazine rings is 1. The molecule has 0 spiro atoms. The van der Waals surface area contributed by atoms with E-state index in [4.69, 9.17) is 9.47 Å². The molecule has 2 aromatic rings. The molecule has 1 heterocycles. The van der Waals surface area contributed by atoms with Gasteiger partial charge in [-0.3, -0.25) is 9.69 Å². The molecule has 1 amide bonds. The Balaban J connectivity index is 1.56. The summed E-state index contributed by atoms with van der Waals surface area (Å²) in [5, 5.41) is 0. The normalized spacial score (nSPS) is 14.9. The standard InChI is InChI=1S/C21H25FN2O3/c1-26-18-13-17(14-19(15-18)27-2)21(25)24-11-9-23(10-12-24)8-7-16-5-3-4-6-20(16)22/h3-6,13-15H,7-12H2,1-2H3. The van der Waals surface area contributed by atoms with Gasteiger partial charge in [0.05, 0.1) is 14.2 Å². The van der Waals surface area contributed by atoms with Gasteiger partial charge in [0.15, 0.2) is 0 Å². The lowest BCUT2D eigenvalue weighted by atomic mass is 10.1. The van der Waals surface area contributed by atoms with Crippen LogP contribution in [-0.4, -0.2) is 62.7 Å². The molecule has 1 fully saturated rings. The highest BCUT2D eigenvalue weighted by Crippen LogP contribution is 2.24. The highest BCUT2D eigenvalue weighted by Gasteiger charge is 2.23. The molecule has 27 heavy (non-hydrogen) atoms. The van der Waals surface area contributed by atoms with E-state index in [1.807, 2.05) is 17.0 Å². The second kappa shape index (κ2) is 8.86. The lowest BCUT2D eigenvalue weighted by Gasteiger charge is -2.34. The van der Waals surface area contributed by atoms with Crippen LogP contribution in [0.25, 0.3) is 0 Å². The predicted molar refractivity (Wildman–Crippen MR) is 102 cm³/mol. The molecule has 0 unspecified atom stereocenters. The number of halogens is 1. The third kappa shape index (κ3) is 4.77. The van der Waals surface area contributed by atoms with Gasteiger partial charge < -0.3 is 14.4 Å². The van der Waals surface area contributed by atoms with E-state index in [-0.39, 0.29) is 11.7 Å². The average Bonchev–Trinajstić information content (AvgIpc) is 2.72. The van der Waals surface area contributed by atoms with Gasteiger partial charge in [-0.05, 0) is 30.2 Å². The molecule has 2 aromatic carbocycles. The van der Waals surface area contributed by atoms with Gasteiger partial charge in [-0.2, -0.15) is 0 Å². The van der Waals surface area contributed by atoms with Crippen molar-refractivity contribution in [3.63, 3.8) is 0 Å². The second-order valence-electron chi connectivity index (χ2n) is 6.58. The van der Waals surface area contributed by atoms with Gasteiger partial charge in [-0.25, -0.2) is 4.39 Å². The van der Waals surface area contributed by atoms with Crippen molar-refractivity contribution in [2.24, 2.45) is 0 Å². The zero-order valence-electron chi connectivity index (χ0n) is 15.8. The molecule has 0 aliphatic carbocycles. The van der Waals surface area contributed by atoms with Crippen molar-refractivity contribution in [1.29, 1.82) is 0 Å². The van der Waals surface area contributed by atoms with Crippen molar-refractivity contribution in [2.75, 3.05) is 46.9 Å². The third-order valence-corrected chi connectivity index (χ3v) is 4.91. The van der Waals surface area contributed by atoms with Crippen LogP contribution in [0.15, 0.2) is 42.5 Å². The largest absolute Gasteiger partial charge is 0.497 e. The minimum absolute atomic E-state index is 0.0269.